The Labute approximate surface area is 91.9 Å². The fourth-order valence-electron chi connectivity index (χ4n) is 1.66. The number of hydrogen-bond acceptors (Lipinski definition) is 3. The third-order valence-corrected chi connectivity index (χ3v) is 2.46. The number of H-pyrrole nitrogens is 1. The van der Waals surface area contributed by atoms with Gasteiger partial charge in [0, 0.05) is 23.8 Å². The molecule has 4 nitrogen and oxygen atoms in total. The molecule has 2 aromatic heterocycles. The Morgan fingerprint density at radius 1 is 1.31 bits per heavy atom. The van der Waals surface area contributed by atoms with Gasteiger partial charge in [-0.05, 0) is 18.2 Å². The number of methoxy groups -OCH3 is 1. The zero-order valence-corrected chi connectivity index (χ0v) is 8.73. The van der Waals surface area contributed by atoms with Crippen molar-refractivity contribution in [2.45, 2.75) is 0 Å². The summed E-state index contributed by atoms with van der Waals surface area (Å²) >= 11 is 0. The minimum Gasteiger partial charge on any atom is -0.497 e. The summed E-state index contributed by atoms with van der Waals surface area (Å²) in [6, 6.07) is 7.68. The summed E-state index contributed by atoms with van der Waals surface area (Å²) in [5, 5.41) is 1.03. The van der Waals surface area contributed by atoms with E-state index in [1.54, 1.807) is 19.5 Å². The molecule has 0 fully saturated rings. The Morgan fingerprint density at radius 2 is 2.25 bits per heavy atom. The monoisotopic (exact) mass is 214 g/mol. The summed E-state index contributed by atoms with van der Waals surface area (Å²) < 4.78 is 10.8. The van der Waals surface area contributed by atoms with Gasteiger partial charge in [0.25, 0.3) is 0 Å². The number of aromatic nitrogens is 2. The highest BCUT2D eigenvalue weighted by molar-refractivity contribution is 5.82. The molecular weight excluding hydrogens is 204 g/mol. The van der Waals surface area contributed by atoms with Gasteiger partial charge in [-0.25, -0.2) is 4.98 Å². The van der Waals surface area contributed by atoms with E-state index in [2.05, 4.69) is 9.97 Å². The number of furan rings is 1. The van der Waals surface area contributed by atoms with Crippen LogP contribution in [0, 0.1) is 0 Å². The lowest BCUT2D eigenvalue weighted by molar-refractivity contribution is 0.414. The quantitative estimate of drug-likeness (QED) is 0.713. The molecule has 16 heavy (non-hydrogen) atoms. The van der Waals surface area contributed by atoms with Gasteiger partial charge >= 0.3 is 0 Å². The molecular formula is C12H10N2O2. The molecule has 1 N–H and O–H groups in total. The topological polar surface area (TPSA) is 51.0 Å². The lowest BCUT2D eigenvalue weighted by Gasteiger charge is -1.96. The smallest absolute Gasteiger partial charge is 0.173 e. The number of imidazole rings is 1. The van der Waals surface area contributed by atoms with Crippen LogP contribution in [-0.2, 0) is 0 Å². The second kappa shape index (κ2) is 3.41. The summed E-state index contributed by atoms with van der Waals surface area (Å²) in [6.07, 6.45) is 3.46. The van der Waals surface area contributed by atoms with Gasteiger partial charge in [0.1, 0.15) is 11.3 Å². The molecule has 80 valence electrons. The van der Waals surface area contributed by atoms with E-state index in [9.17, 15) is 0 Å². The van der Waals surface area contributed by atoms with Crippen molar-refractivity contribution >= 4 is 11.0 Å². The predicted octanol–water partition coefficient (Wildman–Crippen LogP) is 2.83. The summed E-state index contributed by atoms with van der Waals surface area (Å²) in [5.74, 6) is 2.25. The molecule has 1 aromatic carbocycles. The molecule has 0 amide bonds. The summed E-state index contributed by atoms with van der Waals surface area (Å²) in [6.45, 7) is 0. The van der Waals surface area contributed by atoms with Crippen molar-refractivity contribution in [1.29, 1.82) is 0 Å². The van der Waals surface area contributed by atoms with Crippen LogP contribution in [-0.4, -0.2) is 17.1 Å². The van der Waals surface area contributed by atoms with E-state index in [-0.39, 0.29) is 0 Å². The lowest BCUT2D eigenvalue weighted by atomic mass is 10.2. The zero-order valence-electron chi connectivity index (χ0n) is 8.73. The first-order chi connectivity index (χ1) is 7.86. The van der Waals surface area contributed by atoms with E-state index in [0.29, 0.717) is 0 Å². The Kier molecular flexibility index (Phi) is 1.93. The van der Waals surface area contributed by atoms with Crippen molar-refractivity contribution in [2.24, 2.45) is 0 Å². The van der Waals surface area contributed by atoms with Crippen LogP contribution >= 0.6 is 0 Å². The number of fused-ring (bicyclic) bond motifs is 1. The zero-order chi connectivity index (χ0) is 11.0. The SMILES string of the molecule is COc1ccc2cc(-c3ncc[nH]3)oc2c1. The molecule has 0 radical (unpaired) electrons. The molecule has 0 aliphatic rings. The Hall–Kier alpha value is -2.23. The van der Waals surface area contributed by atoms with Crippen LogP contribution in [0.25, 0.3) is 22.6 Å². The van der Waals surface area contributed by atoms with E-state index in [1.165, 1.54) is 0 Å². The number of benzene rings is 1. The molecule has 3 rings (SSSR count). The first-order valence-corrected chi connectivity index (χ1v) is 4.94. The molecule has 4 heteroatoms. The number of aromatic amines is 1. The van der Waals surface area contributed by atoms with Crippen LogP contribution in [0.1, 0.15) is 0 Å². The number of ether oxygens (including phenoxy) is 1. The Morgan fingerprint density at radius 3 is 3.00 bits per heavy atom. The van der Waals surface area contributed by atoms with E-state index >= 15 is 0 Å². The van der Waals surface area contributed by atoms with E-state index in [4.69, 9.17) is 9.15 Å². The van der Waals surface area contributed by atoms with Crippen LogP contribution in [0.4, 0.5) is 0 Å². The summed E-state index contributed by atoms with van der Waals surface area (Å²) in [7, 11) is 1.64. The van der Waals surface area contributed by atoms with Crippen LogP contribution in [0.2, 0.25) is 0 Å². The van der Waals surface area contributed by atoms with Crippen LogP contribution in [0.3, 0.4) is 0 Å². The van der Waals surface area contributed by atoms with Crippen molar-refractivity contribution in [1.82, 2.24) is 9.97 Å². The van der Waals surface area contributed by atoms with Gasteiger partial charge in [0.05, 0.1) is 7.11 Å². The third-order valence-electron chi connectivity index (χ3n) is 2.46. The van der Waals surface area contributed by atoms with Crippen molar-refractivity contribution < 1.29 is 9.15 Å². The average Bonchev–Trinajstić information content (AvgIpc) is 2.96. The molecule has 0 spiro atoms. The lowest BCUT2D eigenvalue weighted by Crippen LogP contribution is -1.79. The maximum atomic E-state index is 5.68. The van der Waals surface area contributed by atoms with Gasteiger partial charge in [-0.2, -0.15) is 0 Å². The highest BCUT2D eigenvalue weighted by Gasteiger charge is 2.08. The molecule has 0 saturated carbocycles. The second-order valence-electron chi connectivity index (χ2n) is 3.45. The molecule has 2 heterocycles. The standard InChI is InChI=1S/C12H10N2O2/c1-15-9-3-2-8-6-11(16-10(8)7-9)12-13-4-5-14-12/h2-7H,1H3,(H,13,14). The van der Waals surface area contributed by atoms with E-state index in [0.717, 1.165) is 28.3 Å². The van der Waals surface area contributed by atoms with Crippen molar-refractivity contribution in [3.05, 3.63) is 36.7 Å². The van der Waals surface area contributed by atoms with Crippen LogP contribution < -0.4 is 4.74 Å². The molecule has 3 aromatic rings. The second-order valence-corrected chi connectivity index (χ2v) is 3.45. The van der Waals surface area contributed by atoms with Gasteiger partial charge in [-0.3, -0.25) is 0 Å². The molecule has 0 bridgehead atoms. The predicted molar refractivity (Wildman–Crippen MR) is 60.3 cm³/mol. The Bertz CT molecular complexity index is 611. The van der Waals surface area contributed by atoms with Gasteiger partial charge in [-0.15, -0.1) is 0 Å². The maximum absolute atomic E-state index is 5.68. The molecule has 0 atom stereocenters. The molecule has 0 aliphatic carbocycles. The minimum atomic E-state index is 0.730. The van der Waals surface area contributed by atoms with Gasteiger partial charge < -0.3 is 14.1 Å². The van der Waals surface area contributed by atoms with Gasteiger partial charge in [-0.1, -0.05) is 0 Å². The molecule has 0 unspecified atom stereocenters. The summed E-state index contributed by atoms with van der Waals surface area (Å²) in [5.41, 5.74) is 0.797. The summed E-state index contributed by atoms with van der Waals surface area (Å²) in [4.78, 5) is 7.15. The number of nitrogens with zero attached hydrogens (tertiary/aromatic N) is 1. The van der Waals surface area contributed by atoms with Crippen molar-refractivity contribution in [3.8, 4) is 17.3 Å². The first kappa shape index (κ1) is 9.03. The number of rotatable bonds is 2. The maximum Gasteiger partial charge on any atom is 0.173 e. The average molecular weight is 214 g/mol. The largest absolute Gasteiger partial charge is 0.497 e. The van der Waals surface area contributed by atoms with Crippen molar-refractivity contribution in [3.63, 3.8) is 0 Å². The number of hydrogen-bond donors (Lipinski definition) is 1. The number of nitrogens with one attached hydrogen (secondary N) is 1. The third kappa shape index (κ3) is 1.35. The Balaban J connectivity index is 2.16. The normalized spacial score (nSPS) is 10.8. The van der Waals surface area contributed by atoms with E-state index in [1.807, 2.05) is 24.3 Å². The highest BCUT2D eigenvalue weighted by Crippen LogP contribution is 2.28. The van der Waals surface area contributed by atoms with Crippen LogP contribution in [0.5, 0.6) is 5.75 Å². The fraction of sp³-hybridized carbons (Fsp3) is 0.0833. The fourth-order valence-corrected chi connectivity index (χ4v) is 1.66. The molecule has 0 aliphatic heterocycles. The van der Waals surface area contributed by atoms with Gasteiger partial charge in [0.2, 0.25) is 0 Å². The minimum absolute atomic E-state index is 0.730. The first-order valence-electron chi connectivity index (χ1n) is 4.94. The van der Waals surface area contributed by atoms with Crippen molar-refractivity contribution in [2.75, 3.05) is 7.11 Å². The highest BCUT2D eigenvalue weighted by atomic mass is 16.5. The van der Waals surface area contributed by atoms with Crippen LogP contribution in [0.15, 0.2) is 41.1 Å². The molecule has 0 saturated heterocycles. The van der Waals surface area contributed by atoms with E-state index < -0.39 is 0 Å². The van der Waals surface area contributed by atoms with Gasteiger partial charge in [0.15, 0.2) is 11.6 Å².